The van der Waals surface area contributed by atoms with E-state index in [0.717, 1.165) is 11.3 Å². The van der Waals surface area contributed by atoms with E-state index in [0.29, 0.717) is 36.3 Å². The van der Waals surface area contributed by atoms with Crippen molar-refractivity contribution in [3.63, 3.8) is 0 Å². The predicted octanol–water partition coefficient (Wildman–Crippen LogP) is 3.26. The number of halogens is 1. The smallest absolute Gasteiger partial charge is 0.227 e. The molecule has 0 saturated carbocycles. The number of ether oxygens (including phenoxy) is 1. The number of likely N-dealkylation sites (N-methyl/N-ethyl adjacent to an activating group) is 1. The van der Waals surface area contributed by atoms with E-state index in [1.807, 2.05) is 0 Å². The summed E-state index contributed by atoms with van der Waals surface area (Å²) in [6.07, 6.45) is 4.00. The zero-order valence-corrected chi connectivity index (χ0v) is 15.6. The number of hydrogen-bond donors (Lipinski definition) is 0. The molecular formula is C19H19ClN4O3. The van der Waals surface area contributed by atoms with Crippen LogP contribution in [0.4, 0.5) is 0 Å². The van der Waals surface area contributed by atoms with Gasteiger partial charge in [-0.3, -0.25) is 9.78 Å². The first kappa shape index (κ1) is 18.8. The molecular weight excluding hydrogens is 368 g/mol. The lowest BCUT2D eigenvalue weighted by molar-refractivity contribution is -0.130. The van der Waals surface area contributed by atoms with Crippen LogP contribution in [0.3, 0.4) is 0 Å². The van der Waals surface area contributed by atoms with Crippen LogP contribution >= 0.6 is 11.6 Å². The summed E-state index contributed by atoms with van der Waals surface area (Å²) in [5.41, 5.74) is 0.822. The van der Waals surface area contributed by atoms with Crippen LogP contribution in [0, 0.1) is 0 Å². The van der Waals surface area contributed by atoms with Crippen LogP contribution in [0.15, 0.2) is 53.3 Å². The van der Waals surface area contributed by atoms with Gasteiger partial charge in [0.05, 0.1) is 6.54 Å². The van der Waals surface area contributed by atoms with Crippen LogP contribution in [0.2, 0.25) is 5.02 Å². The molecule has 7 nitrogen and oxygen atoms in total. The summed E-state index contributed by atoms with van der Waals surface area (Å²) in [4.78, 5) is 22.1. The van der Waals surface area contributed by atoms with Gasteiger partial charge in [-0.15, -0.1) is 0 Å². The fourth-order valence-electron chi connectivity index (χ4n) is 2.34. The van der Waals surface area contributed by atoms with Gasteiger partial charge in [-0.25, -0.2) is 0 Å². The van der Waals surface area contributed by atoms with Crippen LogP contribution < -0.4 is 4.74 Å². The van der Waals surface area contributed by atoms with Gasteiger partial charge >= 0.3 is 0 Å². The molecule has 3 rings (SSSR count). The first-order chi connectivity index (χ1) is 13.1. The molecule has 0 unspecified atom stereocenters. The second-order valence-electron chi connectivity index (χ2n) is 5.87. The van der Waals surface area contributed by atoms with E-state index in [-0.39, 0.29) is 12.3 Å². The third-order valence-electron chi connectivity index (χ3n) is 3.89. The second-order valence-corrected chi connectivity index (χ2v) is 6.30. The normalized spacial score (nSPS) is 10.6. The molecule has 0 radical (unpaired) electrons. The first-order valence-corrected chi connectivity index (χ1v) is 8.85. The molecule has 0 bridgehead atoms. The third kappa shape index (κ3) is 5.52. The molecule has 2 aromatic heterocycles. The number of nitrogens with zero attached hydrogens (tertiary/aromatic N) is 4. The third-order valence-corrected chi connectivity index (χ3v) is 4.15. The van der Waals surface area contributed by atoms with E-state index < -0.39 is 0 Å². The Bertz CT molecular complexity index is 868. The van der Waals surface area contributed by atoms with Crippen molar-refractivity contribution < 1.29 is 14.1 Å². The Labute approximate surface area is 161 Å². The summed E-state index contributed by atoms with van der Waals surface area (Å²) in [7, 11) is 1.74. The molecule has 8 heteroatoms. The van der Waals surface area contributed by atoms with Crippen molar-refractivity contribution in [1.82, 2.24) is 20.0 Å². The van der Waals surface area contributed by atoms with E-state index in [1.54, 1.807) is 60.7 Å². The topological polar surface area (TPSA) is 81.4 Å². The van der Waals surface area contributed by atoms with Crippen molar-refractivity contribution in [3.05, 3.63) is 59.7 Å². The summed E-state index contributed by atoms with van der Waals surface area (Å²) >= 11 is 5.83. The van der Waals surface area contributed by atoms with Crippen LogP contribution in [-0.2, 0) is 11.2 Å². The van der Waals surface area contributed by atoms with E-state index in [2.05, 4.69) is 15.1 Å². The Morgan fingerprint density at radius 3 is 2.67 bits per heavy atom. The molecule has 27 heavy (non-hydrogen) atoms. The summed E-state index contributed by atoms with van der Waals surface area (Å²) in [6.45, 7) is 0.879. The molecule has 3 aromatic rings. The highest BCUT2D eigenvalue weighted by Crippen LogP contribution is 2.16. The van der Waals surface area contributed by atoms with Crippen molar-refractivity contribution in [2.24, 2.45) is 0 Å². The van der Waals surface area contributed by atoms with E-state index >= 15 is 0 Å². The molecule has 2 heterocycles. The Morgan fingerprint density at radius 2 is 1.93 bits per heavy atom. The standard InChI is InChI=1S/C19H19ClN4O3/c1-24(12-13-26-16-4-2-15(20)3-5-16)18(25)7-6-17-22-19(23-27-17)14-8-10-21-11-9-14/h2-5,8-11H,6-7,12-13H2,1H3. The largest absolute Gasteiger partial charge is 0.492 e. The zero-order valence-electron chi connectivity index (χ0n) is 14.8. The van der Waals surface area contributed by atoms with Gasteiger partial charge in [0, 0.05) is 42.9 Å². The number of amides is 1. The summed E-state index contributed by atoms with van der Waals surface area (Å²) in [6, 6.07) is 10.7. The van der Waals surface area contributed by atoms with Gasteiger partial charge in [-0.1, -0.05) is 16.8 Å². The highest BCUT2D eigenvalue weighted by molar-refractivity contribution is 6.30. The Kier molecular flexibility index (Phi) is 6.38. The minimum absolute atomic E-state index is 0.0154. The van der Waals surface area contributed by atoms with Gasteiger partial charge in [0.1, 0.15) is 12.4 Å². The van der Waals surface area contributed by atoms with E-state index in [1.165, 1.54) is 0 Å². The minimum Gasteiger partial charge on any atom is -0.492 e. The number of carbonyl (C=O) groups is 1. The molecule has 1 aromatic carbocycles. The minimum atomic E-state index is -0.0154. The van der Waals surface area contributed by atoms with Gasteiger partial charge in [0.25, 0.3) is 0 Å². The lowest BCUT2D eigenvalue weighted by atomic mass is 10.2. The average molecular weight is 387 g/mol. The number of aryl methyl sites for hydroxylation is 1. The monoisotopic (exact) mass is 386 g/mol. The molecule has 0 atom stereocenters. The average Bonchev–Trinajstić information content (AvgIpc) is 3.17. The number of benzene rings is 1. The van der Waals surface area contributed by atoms with Gasteiger partial charge < -0.3 is 14.2 Å². The molecule has 140 valence electrons. The molecule has 0 aliphatic heterocycles. The van der Waals surface area contributed by atoms with Crippen molar-refractivity contribution in [2.45, 2.75) is 12.8 Å². The SMILES string of the molecule is CN(CCOc1ccc(Cl)cc1)C(=O)CCc1nc(-c2ccncc2)no1. The van der Waals surface area contributed by atoms with Gasteiger partial charge in [-0.05, 0) is 36.4 Å². The van der Waals surface area contributed by atoms with Gasteiger partial charge in [-0.2, -0.15) is 4.98 Å². The highest BCUT2D eigenvalue weighted by atomic mass is 35.5. The Balaban J connectivity index is 1.42. The van der Waals surface area contributed by atoms with Gasteiger partial charge in [0.2, 0.25) is 17.6 Å². The fraction of sp³-hybridized carbons (Fsp3) is 0.263. The lowest BCUT2D eigenvalue weighted by Gasteiger charge is -2.17. The zero-order chi connectivity index (χ0) is 19.1. The molecule has 0 aliphatic rings. The molecule has 0 fully saturated rings. The predicted molar refractivity (Wildman–Crippen MR) is 100 cm³/mol. The first-order valence-electron chi connectivity index (χ1n) is 8.47. The summed E-state index contributed by atoms with van der Waals surface area (Å²) < 4.78 is 10.8. The summed E-state index contributed by atoms with van der Waals surface area (Å²) in [5.74, 6) is 1.62. The van der Waals surface area contributed by atoms with Crippen molar-refractivity contribution >= 4 is 17.5 Å². The van der Waals surface area contributed by atoms with E-state index in [9.17, 15) is 4.79 Å². The second kappa shape index (κ2) is 9.14. The Morgan fingerprint density at radius 1 is 1.19 bits per heavy atom. The molecule has 0 saturated heterocycles. The fourth-order valence-corrected chi connectivity index (χ4v) is 2.46. The molecule has 0 N–H and O–H groups in total. The number of pyridine rings is 1. The van der Waals surface area contributed by atoms with Gasteiger partial charge in [0.15, 0.2) is 0 Å². The van der Waals surface area contributed by atoms with Crippen molar-refractivity contribution in [1.29, 1.82) is 0 Å². The van der Waals surface area contributed by atoms with Crippen LogP contribution in [0.25, 0.3) is 11.4 Å². The molecule has 0 spiro atoms. The van der Waals surface area contributed by atoms with Crippen LogP contribution in [0.5, 0.6) is 5.75 Å². The summed E-state index contributed by atoms with van der Waals surface area (Å²) in [5, 5.41) is 4.59. The maximum Gasteiger partial charge on any atom is 0.227 e. The van der Waals surface area contributed by atoms with Crippen LogP contribution in [0.1, 0.15) is 12.3 Å². The lowest BCUT2D eigenvalue weighted by Crippen LogP contribution is -2.31. The number of hydrogen-bond acceptors (Lipinski definition) is 6. The number of aromatic nitrogens is 3. The number of carbonyl (C=O) groups excluding carboxylic acids is 1. The van der Waals surface area contributed by atoms with Crippen LogP contribution in [-0.4, -0.2) is 46.1 Å². The number of rotatable bonds is 8. The van der Waals surface area contributed by atoms with E-state index in [4.69, 9.17) is 20.9 Å². The van der Waals surface area contributed by atoms with Crippen molar-refractivity contribution in [2.75, 3.05) is 20.2 Å². The maximum absolute atomic E-state index is 12.2. The quantitative estimate of drug-likeness (QED) is 0.591. The highest BCUT2D eigenvalue weighted by Gasteiger charge is 2.13. The van der Waals surface area contributed by atoms with Crippen molar-refractivity contribution in [3.8, 4) is 17.1 Å². The Hall–Kier alpha value is -2.93. The molecule has 0 aliphatic carbocycles. The molecule has 1 amide bonds. The maximum atomic E-state index is 12.2.